The van der Waals surface area contributed by atoms with Crippen molar-refractivity contribution in [3.8, 4) is 0 Å². The zero-order valence-electron chi connectivity index (χ0n) is 20.8. The van der Waals surface area contributed by atoms with E-state index in [4.69, 9.17) is 4.74 Å². The molecule has 0 aliphatic rings. The van der Waals surface area contributed by atoms with Crippen molar-refractivity contribution in [1.29, 1.82) is 0 Å². The molecule has 0 aromatic rings. The lowest BCUT2D eigenvalue weighted by molar-refractivity contribution is -0.143. The number of esters is 1. The second kappa shape index (κ2) is 23.3. The molecule has 0 unspecified atom stereocenters. The number of allylic oxidation sites excluding steroid dienone is 2. The van der Waals surface area contributed by atoms with Crippen molar-refractivity contribution >= 4 is 11.9 Å². The maximum atomic E-state index is 11.6. The number of carbonyl (C=O) groups is 2. The lowest BCUT2D eigenvalue weighted by atomic mass is 10.1. The largest absolute Gasteiger partial charge is 0.464 e. The van der Waals surface area contributed by atoms with E-state index in [0.29, 0.717) is 13.1 Å². The van der Waals surface area contributed by atoms with Crippen molar-refractivity contribution in [2.24, 2.45) is 0 Å². The third-order valence-electron chi connectivity index (χ3n) is 5.54. The molecule has 182 valence electrons. The summed E-state index contributed by atoms with van der Waals surface area (Å²) in [6, 6.07) is 0. The van der Waals surface area contributed by atoms with Crippen LogP contribution in [-0.2, 0) is 14.3 Å². The summed E-state index contributed by atoms with van der Waals surface area (Å²) in [5.41, 5.74) is 0. The predicted octanol–water partition coefficient (Wildman–Crippen LogP) is 6.03. The molecule has 0 bridgehead atoms. The molecule has 0 saturated carbocycles. The predicted molar refractivity (Wildman–Crippen MR) is 131 cm³/mol. The first-order chi connectivity index (χ1) is 15.1. The van der Waals surface area contributed by atoms with E-state index in [9.17, 15) is 9.59 Å². The van der Waals surface area contributed by atoms with Gasteiger partial charge in [0.25, 0.3) is 0 Å². The Kier molecular flexibility index (Phi) is 22.3. The van der Waals surface area contributed by atoms with E-state index in [1.54, 1.807) is 11.8 Å². The molecule has 0 rings (SSSR count). The fourth-order valence-electron chi connectivity index (χ4n) is 3.56. The number of rotatable bonds is 22. The van der Waals surface area contributed by atoms with Crippen LogP contribution in [0.5, 0.6) is 0 Å². The number of hydrogen-bond donors (Lipinski definition) is 1. The lowest BCUT2D eigenvalue weighted by Crippen LogP contribution is -2.38. The molecular weight excluding hydrogens is 388 g/mol. The number of carbonyl (C=O) groups excluding carboxylic acids is 2. The molecule has 1 N–H and O–H groups in total. The molecule has 0 heterocycles. The van der Waals surface area contributed by atoms with Gasteiger partial charge in [-0.25, -0.2) is 0 Å². The summed E-state index contributed by atoms with van der Waals surface area (Å²) in [5, 5.41) is 3.41. The Balaban J connectivity index is 3.35. The maximum absolute atomic E-state index is 11.6. The lowest BCUT2D eigenvalue weighted by Gasteiger charge is -2.21. The Labute approximate surface area is 192 Å². The van der Waals surface area contributed by atoms with E-state index in [1.807, 2.05) is 0 Å². The molecule has 0 aromatic carbocycles. The summed E-state index contributed by atoms with van der Waals surface area (Å²) in [6.07, 6.45) is 23.3. The Morgan fingerprint density at radius 3 is 1.84 bits per heavy atom. The van der Waals surface area contributed by atoms with E-state index in [-0.39, 0.29) is 18.5 Å². The summed E-state index contributed by atoms with van der Waals surface area (Å²) in [7, 11) is 0. The molecule has 1 amide bonds. The highest BCUT2D eigenvalue weighted by molar-refractivity contribution is 5.73. The maximum Gasteiger partial charge on any atom is 0.302 e. The fourth-order valence-corrected chi connectivity index (χ4v) is 3.56. The van der Waals surface area contributed by atoms with Gasteiger partial charge in [-0.3, -0.25) is 9.59 Å². The Morgan fingerprint density at radius 1 is 0.742 bits per heavy atom. The number of hydrogen-bond acceptors (Lipinski definition) is 4. The van der Waals surface area contributed by atoms with Gasteiger partial charge in [-0.2, -0.15) is 0 Å². The average Bonchev–Trinajstić information content (AvgIpc) is 2.73. The summed E-state index contributed by atoms with van der Waals surface area (Å²) in [4.78, 5) is 24.1. The fraction of sp³-hybridized carbons (Fsp3) is 0.846. The van der Waals surface area contributed by atoms with Crippen molar-refractivity contribution in [2.75, 3.05) is 32.8 Å². The Bertz CT molecular complexity index is 452. The molecule has 0 radical (unpaired) electrons. The molecule has 5 heteroatoms. The molecule has 0 aliphatic heterocycles. The van der Waals surface area contributed by atoms with Crippen molar-refractivity contribution in [3.63, 3.8) is 0 Å². The van der Waals surface area contributed by atoms with Crippen LogP contribution in [0, 0.1) is 0 Å². The molecule has 0 saturated heterocycles. The van der Waals surface area contributed by atoms with E-state index >= 15 is 0 Å². The minimum absolute atomic E-state index is 0.0196. The molecule has 0 fully saturated rings. The number of unbranched alkanes of at least 4 members (excludes halogenated alkanes) is 12. The monoisotopic (exact) mass is 438 g/mol. The van der Waals surface area contributed by atoms with Crippen molar-refractivity contribution < 1.29 is 14.3 Å². The first-order valence-electron chi connectivity index (χ1n) is 12.8. The van der Waals surface area contributed by atoms with Gasteiger partial charge in [0.05, 0.1) is 6.54 Å². The second-order valence-corrected chi connectivity index (χ2v) is 8.53. The van der Waals surface area contributed by atoms with Gasteiger partial charge in [0.1, 0.15) is 6.61 Å². The van der Waals surface area contributed by atoms with Gasteiger partial charge >= 0.3 is 5.97 Å². The topological polar surface area (TPSA) is 58.6 Å². The Morgan fingerprint density at radius 2 is 1.29 bits per heavy atom. The van der Waals surface area contributed by atoms with Crippen molar-refractivity contribution in [2.45, 2.75) is 111 Å². The summed E-state index contributed by atoms with van der Waals surface area (Å²) in [6.45, 7) is 8.37. The third kappa shape index (κ3) is 23.1. The first kappa shape index (κ1) is 29.6. The molecule has 5 nitrogen and oxygen atoms in total. The highest BCUT2D eigenvalue weighted by Gasteiger charge is 2.08. The smallest absolute Gasteiger partial charge is 0.302 e. The summed E-state index contributed by atoms with van der Waals surface area (Å²) in [5.74, 6) is -0.284. The number of nitrogens with one attached hydrogen (secondary N) is 1. The molecular formula is C26H50N2O3. The summed E-state index contributed by atoms with van der Waals surface area (Å²) >= 11 is 0. The molecule has 0 spiro atoms. The standard InChI is InChI=1S/C26H50N2O3/c1-4-5-6-7-8-9-10-11-12-13-14-15-16-17-18-19-20-27-21-22-28(25(2)29)23-24-31-26(3)30/h11-12,27H,4-10,13-24H2,1-3H3. The van der Waals surface area contributed by atoms with Crippen LogP contribution in [0.15, 0.2) is 12.2 Å². The minimum atomic E-state index is -0.304. The second-order valence-electron chi connectivity index (χ2n) is 8.53. The van der Waals surface area contributed by atoms with Crippen LogP contribution in [0.25, 0.3) is 0 Å². The van der Waals surface area contributed by atoms with Crippen molar-refractivity contribution in [3.05, 3.63) is 12.2 Å². The van der Waals surface area contributed by atoms with Crippen LogP contribution in [0.1, 0.15) is 111 Å². The van der Waals surface area contributed by atoms with Gasteiger partial charge < -0.3 is 15.0 Å². The zero-order valence-corrected chi connectivity index (χ0v) is 20.8. The van der Waals surface area contributed by atoms with Crippen LogP contribution in [0.2, 0.25) is 0 Å². The molecule has 0 atom stereocenters. The first-order valence-corrected chi connectivity index (χ1v) is 12.8. The van der Waals surface area contributed by atoms with Crippen LogP contribution in [0.4, 0.5) is 0 Å². The molecule has 0 aliphatic carbocycles. The van der Waals surface area contributed by atoms with E-state index in [1.165, 1.54) is 96.8 Å². The highest BCUT2D eigenvalue weighted by atomic mass is 16.5. The van der Waals surface area contributed by atoms with E-state index in [0.717, 1.165) is 13.1 Å². The Hall–Kier alpha value is -1.36. The highest BCUT2D eigenvalue weighted by Crippen LogP contribution is 2.09. The molecule has 0 aromatic heterocycles. The quantitative estimate of drug-likeness (QED) is 0.127. The number of ether oxygens (including phenoxy) is 1. The van der Waals surface area contributed by atoms with E-state index in [2.05, 4.69) is 24.4 Å². The molecule has 31 heavy (non-hydrogen) atoms. The number of amides is 1. The van der Waals surface area contributed by atoms with Gasteiger partial charge in [0.15, 0.2) is 0 Å². The van der Waals surface area contributed by atoms with Crippen molar-refractivity contribution in [1.82, 2.24) is 10.2 Å². The minimum Gasteiger partial charge on any atom is -0.464 e. The van der Waals surface area contributed by atoms with Crippen LogP contribution in [0.3, 0.4) is 0 Å². The van der Waals surface area contributed by atoms with Gasteiger partial charge in [-0.05, 0) is 38.6 Å². The van der Waals surface area contributed by atoms with Crippen LogP contribution in [-0.4, -0.2) is 49.6 Å². The van der Waals surface area contributed by atoms with Gasteiger partial charge in [0.2, 0.25) is 5.91 Å². The van der Waals surface area contributed by atoms with Crippen LogP contribution < -0.4 is 5.32 Å². The normalized spacial score (nSPS) is 11.2. The van der Waals surface area contributed by atoms with Gasteiger partial charge in [-0.15, -0.1) is 0 Å². The SMILES string of the molecule is CCCCCCCCC=CCCCCCCCCNCCN(CCOC(C)=O)C(C)=O. The summed E-state index contributed by atoms with van der Waals surface area (Å²) < 4.78 is 4.91. The van der Waals surface area contributed by atoms with Gasteiger partial charge in [-0.1, -0.05) is 76.9 Å². The van der Waals surface area contributed by atoms with Crippen LogP contribution >= 0.6 is 0 Å². The van der Waals surface area contributed by atoms with E-state index < -0.39 is 0 Å². The number of nitrogens with zero attached hydrogens (tertiary/aromatic N) is 1. The third-order valence-corrected chi connectivity index (χ3v) is 5.54. The zero-order chi connectivity index (χ0) is 23.0. The average molecular weight is 439 g/mol. The van der Waals surface area contributed by atoms with Gasteiger partial charge in [0, 0.05) is 26.9 Å².